The summed E-state index contributed by atoms with van der Waals surface area (Å²) in [6.07, 6.45) is -2.27. The molecule has 0 radical (unpaired) electrons. The number of amides is 1. The average Bonchev–Trinajstić information content (AvgIpc) is 3.12. The summed E-state index contributed by atoms with van der Waals surface area (Å²) >= 11 is 0. The van der Waals surface area contributed by atoms with Gasteiger partial charge in [-0.25, -0.2) is 4.99 Å². The number of aliphatic imine (C=N–C) groups is 1. The fourth-order valence-corrected chi connectivity index (χ4v) is 4.04. The minimum absolute atomic E-state index is 0.0639. The van der Waals surface area contributed by atoms with Crippen molar-refractivity contribution in [3.63, 3.8) is 0 Å². The van der Waals surface area contributed by atoms with E-state index in [2.05, 4.69) is 15.6 Å². The van der Waals surface area contributed by atoms with E-state index in [1.807, 2.05) is 11.9 Å². The summed E-state index contributed by atoms with van der Waals surface area (Å²) in [6, 6.07) is -0.287. The lowest BCUT2D eigenvalue weighted by molar-refractivity contribution is -0.125. The summed E-state index contributed by atoms with van der Waals surface area (Å²) in [5.41, 5.74) is 5.62. The van der Waals surface area contributed by atoms with E-state index < -0.39 is 12.2 Å². The maximum atomic E-state index is 12.2. The maximum Gasteiger partial charge on any atom is 0.233 e. The molecule has 0 aromatic rings. The van der Waals surface area contributed by atoms with Crippen molar-refractivity contribution in [2.75, 3.05) is 20.1 Å². The van der Waals surface area contributed by atoms with Gasteiger partial charge in [-0.3, -0.25) is 15.0 Å². The lowest BCUT2D eigenvalue weighted by atomic mass is 9.91. The van der Waals surface area contributed by atoms with E-state index in [0.29, 0.717) is 13.1 Å². The third-order valence-corrected chi connectivity index (χ3v) is 5.21. The van der Waals surface area contributed by atoms with Crippen LogP contribution in [-0.2, 0) is 9.53 Å². The van der Waals surface area contributed by atoms with Crippen LogP contribution in [0.5, 0.6) is 0 Å². The average molecular weight is 311 g/mol. The summed E-state index contributed by atoms with van der Waals surface area (Å²) in [5, 5.41) is 25.6. The normalized spacial score (nSPS) is 50.3. The molecule has 22 heavy (non-hydrogen) atoms. The largest absolute Gasteiger partial charge is 0.389 e. The molecular weight excluding hydrogens is 290 g/mol. The van der Waals surface area contributed by atoms with Gasteiger partial charge in [-0.05, 0) is 13.0 Å². The molecule has 122 valence electrons. The van der Waals surface area contributed by atoms with Crippen LogP contribution in [0, 0.1) is 11.8 Å². The van der Waals surface area contributed by atoms with Crippen LogP contribution < -0.4 is 16.4 Å². The van der Waals surface area contributed by atoms with E-state index >= 15 is 0 Å². The quantitative estimate of drug-likeness (QED) is 0.340. The highest BCUT2D eigenvalue weighted by molar-refractivity contribution is 5.99. The van der Waals surface area contributed by atoms with Crippen molar-refractivity contribution in [1.82, 2.24) is 15.5 Å². The third kappa shape index (κ3) is 2.04. The SMILES string of the molecule is CN1CC(CNC2C(O)C(O)C3OC23)C2C(=O)NC(N)=NC21. The Morgan fingerprint density at radius 3 is 2.91 bits per heavy atom. The highest BCUT2D eigenvalue weighted by Crippen LogP contribution is 2.39. The van der Waals surface area contributed by atoms with E-state index in [1.165, 1.54) is 0 Å². The number of nitrogens with one attached hydrogen (secondary N) is 2. The first-order chi connectivity index (χ1) is 10.5. The number of nitrogens with two attached hydrogens (primary N) is 1. The van der Waals surface area contributed by atoms with Crippen molar-refractivity contribution in [2.45, 2.75) is 36.6 Å². The Morgan fingerprint density at radius 1 is 1.45 bits per heavy atom. The van der Waals surface area contributed by atoms with Crippen molar-refractivity contribution in [3.8, 4) is 0 Å². The van der Waals surface area contributed by atoms with Gasteiger partial charge in [-0.15, -0.1) is 0 Å². The number of aliphatic hydroxyl groups is 2. The molecule has 0 bridgehead atoms. The monoisotopic (exact) mass is 311 g/mol. The van der Waals surface area contributed by atoms with Crippen molar-refractivity contribution in [1.29, 1.82) is 0 Å². The van der Waals surface area contributed by atoms with E-state index in [9.17, 15) is 15.0 Å². The minimum atomic E-state index is -0.830. The van der Waals surface area contributed by atoms with Crippen LogP contribution in [0.2, 0.25) is 0 Å². The number of likely N-dealkylation sites (tertiary alicyclic amines) is 1. The van der Waals surface area contributed by atoms with Gasteiger partial charge >= 0.3 is 0 Å². The van der Waals surface area contributed by atoms with Crippen molar-refractivity contribution in [3.05, 3.63) is 0 Å². The molecule has 9 nitrogen and oxygen atoms in total. The first kappa shape index (κ1) is 14.3. The topological polar surface area (TPSA) is 136 Å². The molecule has 0 aromatic heterocycles. The van der Waals surface area contributed by atoms with Crippen LogP contribution in [0.3, 0.4) is 0 Å². The van der Waals surface area contributed by atoms with Crippen LogP contribution in [0.25, 0.3) is 0 Å². The fourth-order valence-electron chi connectivity index (χ4n) is 4.04. The molecule has 3 heterocycles. The number of nitrogens with zero attached hydrogens (tertiary/aromatic N) is 2. The fraction of sp³-hybridized carbons (Fsp3) is 0.846. The highest BCUT2D eigenvalue weighted by Gasteiger charge is 2.61. The van der Waals surface area contributed by atoms with Gasteiger partial charge in [0.05, 0.1) is 12.0 Å². The van der Waals surface area contributed by atoms with E-state index in [1.54, 1.807) is 0 Å². The molecule has 0 spiro atoms. The number of hydrogen-bond acceptors (Lipinski definition) is 8. The van der Waals surface area contributed by atoms with Crippen molar-refractivity contribution < 1.29 is 19.7 Å². The Morgan fingerprint density at radius 2 is 2.23 bits per heavy atom. The van der Waals surface area contributed by atoms with Gasteiger partial charge in [-0.2, -0.15) is 0 Å². The Bertz CT molecular complexity index is 529. The number of rotatable bonds is 3. The Kier molecular flexibility index (Phi) is 3.17. The number of ether oxygens (including phenoxy) is 1. The van der Waals surface area contributed by atoms with Crippen LogP contribution in [-0.4, -0.2) is 83.7 Å². The lowest BCUT2D eigenvalue weighted by Gasteiger charge is -2.28. The van der Waals surface area contributed by atoms with Crippen LogP contribution in [0.15, 0.2) is 4.99 Å². The number of carbonyl (C=O) groups excluding carboxylic acids is 1. The molecule has 3 aliphatic heterocycles. The molecule has 3 fully saturated rings. The molecule has 0 aromatic carbocycles. The van der Waals surface area contributed by atoms with Crippen LogP contribution in [0.4, 0.5) is 0 Å². The van der Waals surface area contributed by atoms with E-state index in [-0.39, 0.29) is 48.1 Å². The Labute approximate surface area is 127 Å². The number of aliphatic hydroxyl groups excluding tert-OH is 2. The molecular formula is C13H21N5O4. The Balaban J connectivity index is 1.42. The van der Waals surface area contributed by atoms with Crippen molar-refractivity contribution in [2.24, 2.45) is 22.6 Å². The van der Waals surface area contributed by atoms with Gasteiger partial charge in [0.15, 0.2) is 5.96 Å². The van der Waals surface area contributed by atoms with Gasteiger partial charge in [0.25, 0.3) is 0 Å². The second kappa shape index (κ2) is 4.87. The standard InChI is InChI=1S/C13H21N5O4/c1-18-3-4(5-11(18)16-13(14)17-12(5)21)2-15-6-7(19)8(20)10-9(6)22-10/h4-11,15,19-20H,2-3H2,1H3,(H3,14,16,17,21). The predicted octanol–water partition coefficient (Wildman–Crippen LogP) is -3.60. The van der Waals surface area contributed by atoms with Gasteiger partial charge in [0, 0.05) is 13.1 Å². The predicted molar refractivity (Wildman–Crippen MR) is 75.6 cm³/mol. The number of carbonyl (C=O) groups is 1. The summed E-state index contributed by atoms with van der Waals surface area (Å²) in [6.45, 7) is 1.27. The van der Waals surface area contributed by atoms with Gasteiger partial charge < -0.3 is 26.0 Å². The molecule has 1 saturated carbocycles. The van der Waals surface area contributed by atoms with Crippen LogP contribution in [0.1, 0.15) is 0 Å². The summed E-state index contributed by atoms with van der Waals surface area (Å²) in [4.78, 5) is 18.5. The Hall–Kier alpha value is -1.26. The second-order valence-corrected chi connectivity index (χ2v) is 6.62. The summed E-state index contributed by atoms with van der Waals surface area (Å²) in [5.74, 6) is -0.144. The molecule has 9 heteroatoms. The smallest absolute Gasteiger partial charge is 0.233 e. The number of fused-ring (bicyclic) bond motifs is 2. The van der Waals surface area contributed by atoms with E-state index in [4.69, 9.17) is 10.5 Å². The van der Waals surface area contributed by atoms with E-state index in [0.717, 1.165) is 0 Å². The van der Waals surface area contributed by atoms with Crippen LogP contribution >= 0.6 is 0 Å². The number of hydrogen-bond donors (Lipinski definition) is 5. The zero-order valence-electron chi connectivity index (χ0n) is 12.2. The molecule has 8 atom stereocenters. The van der Waals surface area contributed by atoms with Gasteiger partial charge in [0.1, 0.15) is 30.6 Å². The second-order valence-electron chi connectivity index (χ2n) is 6.62. The molecule has 4 aliphatic rings. The lowest BCUT2D eigenvalue weighted by Crippen LogP contribution is -2.52. The number of epoxide rings is 1. The molecule has 6 N–H and O–H groups in total. The maximum absolute atomic E-state index is 12.2. The third-order valence-electron chi connectivity index (χ3n) is 5.21. The number of guanidine groups is 1. The molecule has 4 rings (SSSR count). The molecule has 8 unspecified atom stereocenters. The molecule has 1 amide bonds. The molecule has 2 saturated heterocycles. The minimum Gasteiger partial charge on any atom is -0.389 e. The van der Waals surface area contributed by atoms with Gasteiger partial charge in [-0.1, -0.05) is 0 Å². The summed E-state index contributed by atoms with van der Waals surface area (Å²) in [7, 11) is 1.92. The summed E-state index contributed by atoms with van der Waals surface area (Å²) < 4.78 is 5.33. The zero-order chi connectivity index (χ0) is 15.6. The van der Waals surface area contributed by atoms with Crippen molar-refractivity contribution >= 4 is 11.9 Å². The zero-order valence-corrected chi connectivity index (χ0v) is 12.2. The molecule has 1 aliphatic carbocycles. The highest BCUT2D eigenvalue weighted by atomic mass is 16.6. The first-order valence-corrected chi connectivity index (χ1v) is 7.56. The van der Waals surface area contributed by atoms with Gasteiger partial charge in [0.2, 0.25) is 5.91 Å². The first-order valence-electron chi connectivity index (χ1n) is 7.56.